The molecule has 0 aliphatic rings. The number of hydrogen-bond donors (Lipinski definition) is 2. The summed E-state index contributed by atoms with van der Waals surface area (Å²) in [6.45, 7) is 6.99. The highest BCUT2D eigenvalue weighted by atomic mass is 19.1. The summed E-state index contributed by atoms with van der Waals surface area (Å²) in [5, 5.41) is 11.0. The number of ether oxygens (including phenoxy) is 2. The van der Waals surface area contributed by atoms with Crippen molar-refractivity contribution in [3.8, 4) is 11.5 Å². The molecule has 166 valence electrons. The van der Waals surface area contributed by atoms with E-state index < -0.39 is 22.8 Å². The number of hydrogen-bond acceptors (Lipinski definition) is 5. The Bertz CT molecular complexity index is 1070. The van der Waals surface area contributed by atoms with Gasteiger partial charge in [-0.1, -0.05) is 6.07 Å². The van der Waals surface area contributed by atoms with Crippen molar-refractivity contribution in [3.05, 3.63) is 47.3 Å². The number of halogens is 2. The summed E-state index contributed by atoms with van der Waals surface area (Å²) in [6.07, 6.45) is 3.32. The maximum atomic E-state index is 14.8. The molecule has 0 unspecified atom stereocenters. The van der Waals surface area contributed by atoms with Crippen LogP contribution in [0.4, 0.5) is 8.78 Å². The number of nitrogens with zero attached hydrogens (tertiary/aromatic N) is 1. The first-order chi connectivity index (χ1) is 14.5. The first-order valence-corrected chi connectivity index (χ1v) is 9.88. The number of H-pyrrole nitrogens is 1. The molecule has 0 atom stereocenters. The third-order valence-corrected chi connectivity index (χ3v) is 5.78. The SMILES string of the molecule is COc1cc(OC)c(F)c(Cc2c[nH]c3ncc(BOC(C)(C)C(C)(C)O)cc23)c1F. The molecule has 3 rings (SSSR count). The monoisotopic (exact) mass is 432 g/mol. The van der Waals surface area contributed by atoms with Crippen molar-refractivity contribution in [2.45, 2.75) is 45.3 Å². The average molecular weight is 432 g/mol. The van der Waals surface area contributed by atoms with Gasteiger partial charge in [-0.25, -0.2) is 13.8 Å². The van der Waals surface area contributed by atoms with Crippen LogP contribution < -0.4 is 14.9 Å². The lowest BCUT2D eigenvalue weighted by atomic mass is 9.83. The Kier molecular flexibility index (Phi) is 6.29. The zero-order valence-electron chi connectivity index (χ0n) is 18.6. The minimum Gasteiger partial charge on any atom is -0.494 e. The lowest BCUT2D eigenvalue weighted by Crippen LogP contribution is -2.49. The molecule has 0 spiro atoms. The molecular weight excluding hydrogens is 405 g/mol. The summed E-state index contributed by atoms with van der Waals surface area (Å²) >= 11 is 0. The predicted molar refractivity (Wildman–Crippen MR) is 117 cm³/mol. The quantitative estimate of drug-likeness (QED) is 0.536. The van der Waals surface area contributed by atoms with Crippen LogP contribution in [0.3, 0.4) is 0 Å². The van der Waals surface area contributed by atoms with Gasteiger partial charge in [-0.05, 0) is 38.7 Å². The Morgan fingerprint density at radius 1 is 1.06 bits per heavy atom. The van der Waals surface area contributed by atoms with E-state index in [1.54, 1.807) is 26.2 Å². The fourth-order valence-electron chi connectivity index (χ4n) is 3.05. The normalized spacial score (nSPS) is 12.3. The molecule has 2 aromatic heterocycles. The van der Waals surface area contributed by atoms with Gasteiger partial charge in [0, 0.05) is 35.8 Å². The summed E-state index contributed by atoms with van der Waals surface area (Å²) in [7, 11) is 2.85. The number of aliphatic hydroxyl groups is 1. The number of nitrogens with one attached hydrogen (secondary N) is 1. The van der Waals surface area contributed by atoms with Crippen molar-refractivity contribution in [3.63, 3.8) is 0 Å². The highest BCUT2D eigenvalue weighted by molar-refractivity contribution is 6.47. The summed E-state index contributed by atoms with van der Waals surface area (Å²) in [6, 6.07) is 3.05. The molecular formula is C22H27BF2N2O4. The standard InChI is InChI=1S/C22H27BF2N2O4/c1-21(2,28)22(3,4)31-23-13-8-14-12(10-26-20(14)27-11-13)7-15-18(24)16(29-5)9-17(30-6)19(15)25/h8-11,23,28H,7H2,1-6H3,(H,26,27). The maximum Gasteiger partial charge on any atom is 0.311 e. The van der Waals surface area contributed by atoms with Crippen molar-refractivity contribution in [1.29, 1.82) is 0 Å². The van der Waals surface area contributed by atoms with Crippen LogP contribution >= 0.6 is 0 Å². The van der Waals surface area contributed by atoms with Crippen molar-refractivity contribution < 1.29 is 28.0 Å². The number of rotatable bonds is 8. The van der Waals surface area contributed by atoms with Gasteiger partial charge in [0.25, 0.3) is 0 Å². The maximum absolute atomic E-state index is 14.8. The van der Waals surface area contributed by atoms with Gasteiger partial charge in [0.15, 0.2) is 23.1 Å². The number of methoxy groups -OCH3 is 2. The highest BCUT2D eigenvalue weighted by Crippen LogP contribution is 2.33. The summed E-state index contributed by atoms with van der Waals surface area (Å²) in [5.74, 6) is -1.72. The van der Waals surface area contributed by atoms with Gasteiger partial charge >= 0.3 is 7.48 Å². The second-order valence-corrected chi connectivity index (χ2v) is 8.48. The molecule has 0 radical (unpaired) electrons. The van der Waals surface area contributed by atoms with E-state index in [0.29, 0.717) is 11.2 Å². The molecule has 9 heteroatoms. The van der Waals surface area contributed by atoms with Gasteiger partial charge < -0.3 is 24.2 Å². The smallest absolute Gasteiger partial charge is 0.311 e. The topological polar surface area (TPSA) is 76.6 Å². The molecule has 31 heavy (non-hydrogen) atoms. The number of fused-ring (bicyclic) bond motifs is 1. The van der Waals surface area contributed by atoms with Crippen LogP contribution in [-0.2, 0) is 11.1 Å². The van der Waals surface area contributed by atoms with Crippen LogP contribution in [0.2, 0.25) is 0 Å². The Labute approximate surface area is 180 Å². The molecule has 2 N–H and O–H groups in total. The van der Waals surface area contributed by atoms with E-state index >= 15 is 0 Å². The fourth-order valence-corrected chi connectivity index (χ4v) is 3.05. The third-order valence-electron chi connectivity index (χ3n) is 5.78. The summed E-state index contributed by atoms with van der Waals surface area (Å²) in [4.78, 5) is 7.41. The van der Waals surface area contributed by atoms with Crippen molar-refractivity contribution in [2.75, 3.05) is 14.2 Å². The second-order valence-electron chi connectivity index (χ2n) is 8.48. The van der Waals surface area contributed by atoms with Crippen LogP contribution in [-0.4, -0.2) is 48.0 Å². The van der Waals surface area contributed by atoms with Crippen LogP contribution in [0.15, 0.2) is 24.5 Å². The molecule has 0 saturated carbocycles. The Hall–Kier alpha value is -2.65. The number of aromatic nitrogens is 2. The van der Waals surface area contributed by atoms with E-state index in [1.807, 2.05) is 19.9 Å². The molecule has 0 aliphatic heterocycles. The second kappa shape index (κ2) is 8.47. The van der Waals surface area contributed by atoms with Gasteiger partial charge in [0.2, 0.25) is 0 Å². The summed E-state index contributed by atoms with van der Waals surface area (Å²) < 4.78 is 45.5. The van der Waals surface area contributed by atoms with Crippen molar-refractivity contribution >= 4 is 24.0 Å². The molecule has 2 heterocycles. The van der Waals surface area contributed by atoms with Crippen LogP contribution in [0, 0.1) is 11.6 Å². The molecule has 0 fully saturated rings. The van der Waals surface area contributed by atoms with Crippen LogP contribution in [0.1, 0.15) is 38.8 Å². The van der Waals surface area contributed by atoms with E-state index in [2.05, 4.69) is 9.97 Å². The van der Waals surface area contributed by atoms with E-state index in [0.717, 1.165) is 10.8 Å². The Morgan fingerprint density at radius 2 is 1.68 bits per heavy atom. The molecule has 0 bridgehead atoms. The molecule has 0 aliphatic carbocycles. The minimum absolute atomic E-state index is 0.0214. The van der Waals surface area contributed by atoms with Gasteiger partial charge in [-0.2, -0.15) is 0 Å². The first kappa shape index (κ1) is 23.0. The average Bonchev–Trinajstić information content (AvgIpc) is 3.11. The molecule has 6 nitrogen and oxygen atoms in total. The lowest BCUT2D eigenvalue weighted by molar-refractivity contribution is -0.0893. The molecule has 0 saturated heterocycles. The number of benzene rings is 1. The van der Waals surface area contributed by atoms with E-state index in [1.165, 1.54) is 20.3 Å². The van der Waals surface area contributed by atoms with E-state index in [-0.39, 0.29) is 31.0 Å². The van der Waals surface area contributed by atoms with Gasteiger partial charge in [-0.15, -0.1) is 0 Å². The number of pyridine rings is 1. The van der Waals surface area contributed by atoms with E-state index in [4.69, 9.17) is 14.1 Å². The van der Waals surface area contributed by atoms with Crippen molar-refractivity contribution in [2.24, 2.45) is 0 Å². The predicted octanol–water partition coefficient (Wildman–Crippen LogP) is 2.99. The largest absolute Gasteiger partial charge is 0.494 e. The third kappa shape index (κ3) is 4.52. The van der Waals surface area contributed by atoms with Gasteiger partial charge in [-0.3, -0.25) is 0 Å². The highest BCUT2D eigenvalue weighted by Gasteiger charge is 2.35. The van der Waals surface area contributed by atoms with Gasteiger partial charge in [0.05, 0.1) is 25.4 Å². The zero-order valence-corrected chi connectivity index (χ0v) is 18.6. The molecule has 3 aromatic rings. The minimum atomic E-state index is -1.04. The first-order valence-electron chi connectivity index (χ1n) is 9.88. The van der Waals surface area contributed by atoms with E-state index in [9.17, 15) is 13.9 Å². The van der Waals surface area contributed by atoms with Crippen LogP contribution in [0.25, 0.3) is 11.0 Å². The number of aromatic amines is 1. The Morgan fingerprint density at radius 3 is 2.23 bits per heavy atom. The lowest BCUT2D eigenvalue weighted by Gasteiger charge is -2.37. The van der Waals surface area contributed by atoms with Crippen molar-refractivity contribution in [1.82, 2.24) is 9.97 Å². The summed E-state index contributed by atoms with van der Waals surface area (Å²) in [5.41, 5.74) is 0.0588. The fraction of sp³-hybridized carbons (Fsp3) is 0.409. The Balaban J connectivity index is 1.94. The molecule has 1 aromatic carbocycles. The van der Waals surface area contributed by atoms with Crippen LogP contribution in [0.5, 0.6) is 11.5 Å². The zero-order chi connectivity index (χ0) is 23.0. The van der Waals surface area contributed by atoms with Gasteiger partial charge in [0.1, 0.15) is 5.65 Å². The molecule has 0 amide bonds.